The first kappa shape index (κ1) is 30.3. The molecule has 0 atom stereocenters. The average molecular weight is 644 g/mol. The van der Waals surface area contributed by atoms with Gasteiger partial charge in [0.1, 0.15) is 11.6 Å². The maximum absolute atomic E-state index is 13.5. The molecule has 2 heterocycles. The molecule has 0 unspecified atom stereocenters. The third kappa shape index (κ3) is 6.43. The van der Waals surface area contributed by atoms with Crippen molar-refractivity contribution >= 4 is 32.8 Å². The Labute approximate surface area is 246 Å². The summed E-state index contributed by atoms with van der Waals surface area (Å²) in [5, 5.41) is 1.11. The molecule has 43 heavy (non-hydrogen) atoms. The molecular weight excluding hydrogens is 624 g/mol. The van der Waals surface area contributed by atoms with Crippen LogP contribution in [0.5, 0.6) is 5.75 Å². The highest BCUT2D eigenvalue weighted by molar-refractivity contribution is 7.90. The van der Waals surface area contributed by atoms with Crippen LogP contribution < -0.4 is 20.7 Å². The third-order valence-corrected chi connectivity index (χ3v) is 7.73. The molecule has 226 valence electrons. The van der Waals surface area contributed by atoms with Crippen molar-refractivity contribution in [3.8, 4) is 22.6 Å². The number of ether oxygens (including phenoxy) is 1. The number of alkyl halides is 6. The average Bonchev–Trinajstić information content (AvgIpc) is 3.55. The minimum Gasteiger partial charge on any atom is -0.404 e. The SMILES string of the molecule is Cc1nc(C(F)(F)F)cn1-c1ccc(-c2cccc(S(C)(=O)=O)c2)cc1N1NNC=C1c1ccc(OC(F)(F)F)c(Cl)c1. The Morgan fingerprint density at radius 3 is 2.23 bits per heavy atom. The van der Waals surface area contributed by atoms with Gasteiger partial charge in [0.05, 0.1) is 27.0 Å². The van der Waals surface area contributed by atoms with Gasteiger partial charge in [-0.2, -0.15) is 13.2 Å². The number of aromatic nitrogens is 2. The second kappa shape index (κ2) is 10.8. The predicted octanol–water partition coefficient (Wildman–Crippen LogP) is 6.65. The van der Waals surface area contributed by atoms with Crippen LogP contribution in [-0.4, -0.2) is 30.6 Å². The maximum atomic E-state index is 13.5. The van der Waals surface area contributed by atoms with E-state index in [4.69, 9.17) is 11.6 Å². The van der Waals surface area contributed by atoms with Crippen molar-refractivity contribution < 1.29 is 39.5 Å². The molecule has 1 aliphatic rings. The fourth-order valence-electron chi connectivity index (χ4n) is 4.41. The number of imidazole rings is 1. The highest BCUT2D eigenvalue weighted by Crippen LogP contribution is 2.39. The number of aryl methyl sites for hydroxylation is 1. The molecule has 0 spiro atoms. The molecule has 8 nitrogen and oxygen atoms in total. The van der Waals surface area contributed by atoms with Gasteiger partial charge in [0.2, 0.25) is 0 Å². The highest BCUT2D eigenvalue weighted by atomic mass is 35.5. The summed E-state index contributed by atoms with van der Waals surface area (Å²) < 4.78 is 108. The Morgan fingerprint density at radius 2 is 1.60 bits per heavy atom. The molecule has 1 aliphatic heterocycles. The zero-order chi connectivity index (χ0) is 31.3. The summed E-state index contributed by atoms with van der Waals surface area (Å²) in [7, 11) is -3.54. The number of nitrogens with zero attached hydrogens (tertiary/aromatic N) is 3. The minimum atomic E-state index is -4.96. The topological polar surface area (TPSA) is 88.5 Å². The summed E-state index contributed by atoms with van der Waals surface area (Å²) >= 11 is 6.08. The van der Waals surface area contributed by atoms with Crippen molar-refractivity contribution in [3.05, 3.63) is 95.2 Å². The van der Waals surface area contributed by atoms with Crippen molar-refractivity contribution in [1.82, 2.24) is 20.5 Å². The van der Waals surface area contributed by atoms with Gasteiger partial charge in [-0.25, -0.2) is 13.4 Å². The zero-order valence-corrected chi connectivity index (χ0v) is 23.6. The molecule has 0 radical (unpaired) electrons. The van der Waals surface area contributed by atoms with E-state index in [0.29, 0.717) is 22.4 Å². The number of hydrazine groups is 2. The number of sulfone groups is 1. The Hall–Kier alpha value is -4.21. The second-order valence-electron chi connectivity index (χ2n) is 9.36. The van der Waals surface area contributed by atoms with E-state index < -0.39 is 33.8 Å². The monoisotopic (exact) mass is 643 g/mol. The van der Waals surface area contributed by atoms with Gasteiger partial charge in [0.25, 0.3) is 0 Å². The van der Waals surface area contributed by atoms with Crippen molar-refractivity contribution in [2.75, 3.05) is 11.3 Å². The standard InChI is InChI=1S/C27H20ClF6N5O3S/c1-15-36-25(26(29,30)31)14-38(15)21-8-6-17(16-4-3-5-19(10-16)43(2,40)41)12-22(21)39-23(13-35-37-39)18-7-9-24(20(28)11-18)42-27(32,33)34/h3-14,35,37H,1-2H3. The molecule has 0 saturated heterocycles. The molecule has 1 aromatic heterocycles. The number of nitrogens with one attached hydrogen (secondary N) is 2. The van der Waals surface area contributed by atoms with Crippen LogP contribution in [0.4, 0.5) is 32.0 Å². The van der Waals surface area contributed by atoms with Crippen LogP contribution >= 0.6 is 11.6 Å². The van der Waals surface area contributed by atoms with E-state index in [1.807, 2.05) is 0 Å². The molecule has 5 rings (SSSR count). The van der Waals surface area contributed by atoms with Gasteiger partial charge in [-0.15, -0.1) is 18.7 Å². The first-order valence-electron chi connectivity index (χ1n) is 12.2. The lowest BCUT2D eigenvalue weighted by molar-refractivity contribution is -0.274. The first-order chi connectivity index (χ1) is 20.0. The Morgan fingerprint density at radius 1 is 0.907 bits per heavy atom. The van der Waals surface area contributed by atoms with Crippen LogP contribution in [0.25, 0.3) is 22.5 Å². The van der Waals surface area contributed by atoms with E-state index in [9.17, 15) is 34.8 Å². The van der Waals surface area contributed by atoms with E-state index in [1.165, 1.54) is 53.0 Å². The Bertz CT molecular complexity index is 1850. The van der Waals surface area contributed by atoms with Gasteiger partial charge in [0, 0.05) is 24.2 Å². The van der Waals surface area contributed by atoms with E-state index in [1.54, 1.807) is 24.3 Å². The smallest absolute Gasteiger partial charge is 0.404 e. The summed E-state index contributed by atoms with van der Waals surface area (Å²) in [5.41, 5.74) is 6.72. The molecule has 3 aromatic carbocycles. The van der Waals surface area contributed by atoms with Crippen molar-refractivity contribution in [2.45, 2.75) is 24.4 Å². The second-order valence-corrected chi connectivity index (χ2v) is 11.8. The van der Waals surface area contributed by atoms with Crippen LogP contribution in [0.1, 0.15) is 17.1 Å². The van der Waals surface area contributed by atoms with Crippen molar-refractivity contribution in [2.24, 2.45) is 0 Å². The molecule has 0 bridgehead atoms. The highest BCUT2D eigenvalue weighted by Gasteiger charge is 2.35. The Kier molecular flexibility index (Phi) is 7.61. The summed E-state index contributed by atoms with van der Waals surface area (Å²) in [6, 6.07) is 14.5. The molecule has 16 heteroatoms. The van der Waals surface area contributed by atoms with Gasteiger partial charge in [-0.3, -0.25) is 5.01 Å². The quantitative estimate of drug-likeness (QED) is 0.228. The first-order valence-corrected chi connectivity index (χ1v) is 14.4. The van der Waals surface area contributed by atoms with E-state index >= 15 is 0 Å². The molecule has 0 aliphatic carbocycles. The largest absolute Gasteiger partial charge is 0.573 e. The van der Waals surface area contributed by atoms with Gasteiger partial charge < -0.3 is 14.7 Å². The van der Waals surface area contributed by atoms with E-state index in [0.717, 1.165) is 18.5 Å². The zero-order valence-electron chi connectivity index (χ0n) is 22.0. The molecule has 0 saturated carbocycles. The van der Waals surface area contributed by atoms with Crippen molar-refractivity contribution in [3.63, 3.8) is 0 Å². The number of halogens is 7. The summed E-state index contributed by atoms with van der Waals surface area (Å²) in [6.45, 7) is 1.40. The fourth-order valence-corrected chi connectivity index (χ4v) is 5.29. The minimum absolute atomic E-state index is 0.0229. The summed E-state index contributed by atoms with van der Waals surface area (Å²) in [5.74, 6) is -0.596. The van der Waals surface area contributed by atoms with Crippen LogP contribution in [0, 0.1) is 6.92 Å². The molecular formula is C27H20ClF6N5O3S. The van der Waals surface area contributed by atoms with Gasteiger partial charge in [-0.05, 0) is 60.5 Å². The van der Waals surface area contributed by atoms with E-state index in [2.05, 4.69) is 20.7 Å². The van der Waals surface area contributed by atoms with Gasteiger partial charge in [0.15, 0.2) is 15.5 Å². The van der Waals surface area contributed by atoms with Gasteiger partial charge >= 0.3 is 12.5 Å². The predicted molar refractivity (Wildman–Crippen MR) is 147 cm³/mol. The third-order valence-electron chi connectivity index (χ3n) is 6.32. The molecule has 0 fully saturated rings. The molecule has 4 aromatic rings. The number of rotatable bonds is 6. The summed E-state index contributed by atoms with van der Waals surface area (Å²) in [6.07, 6.45) is -6.30. The lowest BCUT2D eigenvalue weighted by Crippen LogP contribution is -2.37. The van der Waals surface area contributed by atoms with Crippen LogP contribution in [0.15, 0.2) is 78.0 Å². The molecule has 2 N–H and O–H groups in total. The summed E-state index contributed by atoms with van der Waals surface area (Å²) in [4.78, 5) is 3.71. The van der Waals surface area contributed by atoms with Crippen LogP contribution in [-0.2, 0) is 16.0 Å². The lowest BCUT2D eigenvalue weighted by Gasteiger charge is -2.26. The number of anilines is 1. The number of hydrogen-bond acceptors (Lipinski definition) is 7. The van der Waals surface area contributed by atoms with E-state index in [-0.39, 0.29) is 27.1 Å². The van der Waals surface area contributed by atoms with Gasteiger partial charge in [-0.1, -0.05) is 29.8 Å². The number of hydrogen-bond donors (Lipinski definition) is 2. The van der Waals surface area contributed by atoms with Crippen LogP contribution in [0.2, 0.25) is 5.02 Å². The lowest BCUT2D eigenvalue weighted by atomic mass is 10.0. The molecule has 0 amide bonds. The fraction of sp³-hybridized carbons (Fsp3) is 0.148. The normalized spacial score (nSPS) is 14.1. The Balaban J connectivity index is 1.65. The van der Waals surface area contributed by atoms with Crippen molar-refractivity contribution in [1.29, 1.82) is 0 Å². The van der Waals surface area contributed by atoms with Crippen LogP contribution in [0.3, 0.4) is 0 Å². The maximum Gasteiger partial charge on any atom is 0.573 e. The number of benzene rings is 3.